The van der Waals surface area contributed by atoms with Crippen LogP contribution in [-0.2, 0) is 0 Å². The van der Waals surface area contributed by atoms with Crippen molar-refractivity contribution < 1.29 is 19.4 Å². The Hall–Kier alpha value is -2.69. The van der Waals surface area contributed by atoms with Gasteiger partial charge in [0.25, 0.3) is 5.91 Å². The number of anilines is 1. The van der Waals surface area contributed by atoms with Crippen molar-refractivity contribution in [2.75, 3.05) is 19.5 Å². The van der Waals surface area contributed by atoms with Crippen molar-refractivity contribution in [1.82, 2.24) is 0 Å². The number of phenolic OH excluding ortho intramolecular Hbond substituents is 1. The maximum atomic E-state index is 12.3. The Morgan fingerprint density at radius 3 is 2.48 bits per heavy atom. The smallest absolute Gasteiger partial charge is 0.255 e. The van der Waals surface area contributed by atoms with E-state index in [1.807, 2.05) is 0 Å². The third-order valence-corrected chi connectivity index (χ3v) is 3.20. The molecule has 2 aromatic rings. The van der Waals surface area contributed by atoms with Gasteiger partial charge in [0, 0.05) is 16.8 Å². The van der Waals surface area contributed by atoms with Gasteiger partial charge >= 0.3 is 0 Å². The highest BCUT2D eigenvalue weighted by Gasteiger charge is 2.12. The van der Waals surface area contributed by atoms with Crippen LogP contribution in [0.1, 0.15) is 15.9 Å². The number of hydrogen-bond donors (Lipinski definition) is 2. The number of phenols is 1. The molecule has 0 bridgehead atoms. The van der Waals surface area contributed by atoms with Crippen molar-refractivity contribution >= 4 is 11.6 Å². The number of rotatable bonds is 4. The van der Waals surface area contributed by atoms with Crippen LogP contribution in [0.4, 0.5) is 5.69 Å². The van der Waals surface area contributed by atoms with Crippen LogP contribution >= 0.6 is 0 Å². The van der Waals surface area contributed by atoms with Crippen LogP contribution in [-0.4, -0.2) is 25.2 Å². The van der Waals surface area contributed by atoms with Gasteiger partial charge in [-0.3, -0.25) is 4.79 Å². The fourth-order valence-corrected chi connectivity index (χ4v) is 1.93. The molecular formula is C16H17NO4. The number of hydrogen-bond acceptors (Lipinski definition) is 4. The van der Waals surface area contributed by atoms with Crippen molar-refractivity contribution in [2.45, 2.75) is 6.92 Å². The molecule has 0 fully saturated rings. The van der Waals surface area contributed by atoms with Crippen molar-refractivity contribution in [3.8, 4) is 17.2 Å². The molecule has 0 aliphatic heterocycles. The van der Waals surface area contributed by atoms with Crippen molar-refractivity contribution in [3.63, 3.8) is 0 Å². The molecule has 0 aromatic heterocycles. The third kappa shape index (κ3) is 3.08. The molecule has 5 heteroatoms. The van der Waals surface area contributed by atoms with Crippen LogP contribution in [0.5, 0.6) is 17.2 Å². The second kappa shape index (κ2) is 6.17. The Morgan fingerprint density at radius 1 is 1.10 bits per heavy atom. The van der Waals surface area contributed by atoms with E-state index in [0.717, 1.165) is 0 Å². The summed E-state index contributed by atoms with van der Waals surface area (Å²) in [4.78, 5) is 12.3. The Bertz CT molecular complexity index is 667. The zero-order valence-corrected chi connectivity index (χ0v) is 12.1. The monoisotopic (exact) mass is 287 g/mol. The summed E-state index contributed by atoms with van der Waals surface area (Å²) in [6.45, 7) is 1.74. The average molecular weight is 287 g/mol. The van der Waals surface area contributed by atoms with Crippen molar-refractivity contribution in [1.29, 1.82) is 0 Å². The minimum Gasteiger partial charge on any atom is -0.508 e. The minimum absolute atomic E-state index is 0.139. The van der Waals surface area contributed by atoms with Gasteiger partial charge in [0.05, 0.1) is 14.2 Å². The van der Waals surface area contributed by atoms with Gasteiger partial charge in [0.1, 0.15) is 5.75 Å². The summed E-state index contributed by atoms with van der Waals surface area (Å²) in [5, 5.41) is 12.4. The Labute approximate surface area is 123 Å². The highest BCUT2D eigenvalue weighted by Crippen LogP contribution is 2.29. The number of methoxy groups -OCH3 is 2. The van der Waals surface area contributed by atoms with Crippen LogP contribution in [0.3, 0.4) is 0 Å². The number of aromatic hydroxyl groups is 1. The molecule has 5 nitrogen and oxygen atoms in total. The molecule has 110 valence electrons. The summed E-state index contributed by atoms with van der Waals surface area (Å²) in [7, 11) is 3.05. The van der Waals surface area contributed by atoms with Gasteiger partial charge < -0.3 is 19.9 Å². The fourth-order valence-electron chi connectivity index (χ4n) is 1.93. The summed E-state index contributed by atoms with van der Waals surface area (Å²) in [5.41, 5.74) is 1.62. The first-order valence-electron chi connectivity index (χ1n) is 6.38. The van der Waals surface area contributed by atoms with E-state index in [9.17, 15) is 9.90 Å². The van der Waals surface area contributed by atoms with E-state index in [1.165, 1.54) is 14.2 Å². The predicted octanol–water partition coefficient (Wildman–Crippen LogP) is 2.97. The molecule has 21 heavy (non-hydrogen) atoms. The molecule has 0 saturated carbocycles. The normalized spacial score (nSPS) is 10.0. The highest BCUT2D eigenvalue weighted by atomic mass is 16.5. The maximum Gasteiger partial charge on any atom is 0.255 e. The molecule has 0 heterocycles. The van der Waals surface area contributed by atoms with Crippen LogP contribution in [0.15, 0.2) is 36.4 Å². The molecular weight excluding hydrogens is 270 g/mol. The zero-order valence-electron chi connectivity index (χ0n) is 12.1. The first kappa shape index (κ1) is 14.7. The lowest BCUT2D eigenvalue weighted by Gasteiger charge is -2.11. The topological polar surface area (TPSA) is 67.8 Å². The number of amides is 1. The highest BCUT2D eigenvalue weighted by molar-refractivity contribution is 6.05. The molecule has 1 amide bonds. The summed E-state index contributed by atoms with van der Waals surface area (Å²) in [6.07, 6.45) is 0. The molecule has 0 aliphatic carbocycles. The third-order valence-electron chi connectivity index (χ3n) is 3.20. The summed E-state index contributed by atoms with van der Waals surface area (Å²) < 4.78 is 10.3. The van der Waals surface area contributed by atoms with Gasteiger partial charge in [-0.05, 0) is 37.3 Å². The SMILES string of the molecule is COc1ccc(C(=O)Nc2cccc(O)c2C)cc1OC. The van der Waals surface area contributed by atoms with Gasteiger partial charge in [-0.2, -0.15) is 0 Å². The molecule has 0 atom stereocenters. The predicted molar refractivity (Wildman–Crippen MR) is 80.3 cm³/mol. The fraction of sp³-hybridized carbons (Fsp3) is 0.188. The lowest BCUT2D eigenvalue weighted by molar-refractivity contribution is 0.102. The molecule has 0 spiro atoms. The Kier molecular flexibility index (Phi) is 4.33. The second-order valence-corrected chi connectivity index (χ2v) is 4.47. The Balaban J connectivity index is 2.26. The Morgan fingerprint density at radius 2 is 1.81 bits per heavy atom. The van der Waals surface area contributed by atoms with E-state index in [-0.39, 0.29) is 11.7 Å². The molecule has 0 unspecified atom stereocenters. The van der Waals surface area contributed by atoms with E-state index >= 15 is 0 Å². The molecule has 0 aliphatic rings. The van der Waals surface area contributed by atoms with Gasteiger partial charge in [-0.15, -0.1) is 0 Å². The first-order valence-corrected chi connectivity index (χ1v) is 6.38. The maximum absolute atomic E-state index is 12.3. The number of carbonyl (C=O) groups excluding carboxylic acids is 1. The van der Waals surface area contributed by atoms with Gasteiger partial charge in [-0.1, -0.05) is 6.07 Å². The molecule has 0 saturated heterocycles. The van der Waals surface area contributed by atoms with Gasteiger partial charge in [-0.25, -0.2) is 0 Å². The van der Waals surface area contributed by atoms with E-state index in [2.05, 4.69) is 5.32 Å². The van der Waals surface area contributed by atoms with Crippen molar-refractivity contribution in [2.24, 2.45) is 0 Å². The summed E-state index contributed by atoms with van der Waals surface area (Å²) >= 11 is 0. The largest absolute Gasteiger partial charge is 0.508 e. The lowest BCUT2D eigenvalue weighted by Crippen LogP contribution is -2.13. The quantitative estimate of drug-likeness (QED) is 0.907. The van der Waals surface area contributed by atoms with E-state index in [4.69, 9.17) is 9.47 Å². The first-order chi connectivity index (χ1) is 10.1. The average Bonchev–Trinajstić information content (AvgIpc) is 2.51. The lowest BCUT2D eigenvalue weighted by atomic mass is 10.1. The minimum atomic E-state index is -0.287. The van der Waals surface area contributed by atoms with Crippen LogP contribution < -0.4 is 14.8 Å². The molecule has 2 N–H and O–H groups in total. The van der Waals surface area contributed by atoms with Crippen LogP contribution in [0.25, 0.3) is 0 Å². The zero-order chi connectivity index (χ0) is 15.4. The van der Waals surface area contributed by atoms with Crippen LogP contribution in [0.2, 0.25) is 0 Å². The number of nitrogens with one attached hydrogen (secondary N) is 1. The summed E-state index contributed by atoms with van der Waals surface area (Å²) in [6, 6.07) is 9.89. The van der Waals surface area contributed by atoms with E-state index in [1.54, 1.807) is 43.3 Å². The molecule has 2 rings (SSSR count). The number of benzene rings is 2. The van der Waals surface area contributed by atoms with Gasteiger partial charge in [0.2, 0.25) is 0 Å². The van der Waals surface area contributed by atoms with Crippen molar-refractivity contribution in [3.05, 3.63) is 47.5 Å². The van der Waals surface area contributed by atoms with E-state index < -0.39 is 0 Å². The number of ether oxygens (including phenoxy) is 2. The molecule has 0 radical (unpaired) electrons. The number of carbonyl (C=O) groups is 1. The summed E-state index contributed by atoms with van der Waals surface area (Å²) in [5.74, 6) is 0.894. The van der Waals surface area contributed by atoms with Crippen LogP contribution in [0, 0.1) is 6.92 Å². The molecule has 2 aromatic carbocycles. The standard InChI is InChI=1S/C16H17NO4/c1-10-12(5-4-6-13(10)18)17-16(19)11-7-8-14(20-2)15(9-11)21-3/h4-9,18H,1-3H3,(H,17,19). The second-order valence-electron chi connectivity index (χ2n) is 4.47. The van der Waals surface area contributed by atoms with E-state index in [0.29, 0.717) is 28.3 Å². The van der Waals surface area contributed by atoms with Gasteiger partial charge in [0.15, 0.2) is 11.5 Å².